The van der Waals surface area contributed by atoms with E-state index in [1.807, 2.05) is 6.92 Å². The van der Waals surface area contributed by atoms with Crippen molar-refractivity contribution in [2.24, 2.45) is 4.99 Å². The quantitative estimate of drug-likeness (QED) is 0.190. The van der Waals surface area contributed by atoms with E-state index in [2.05, 4.69) is 15.6 Å². The number of nitrogens with zero attached hydrogens (tertiary/aromatic N) is 2. The molecule has 0 amide bonds. The van der Waals surface area contributed by atoms with Gasteiger partial charge in [-0.25, -0.2) is 12.7 Å². The fraction of sp³-hybridized carbons (Fsp3) is 0.933. The largest absolute Gasteiger partial charge is 0.379 e. The van der Waals surface area contributed by atoms with Gasteiger partial charge >= 0.3 is 0 Å². The van der Waals surface area contributed by atoms with Gasteiger partial charge in [0.1, 0.15) is 0 Å². The van der Waals surface area contributed by atoms with Crippen molar-refractivity contribution in [3.05, 3.63) is 0 Å². The van der Waals surface area contributed by atoms with Crippen LogP contribution in [0.3, 0.4) is 0 Å². The first-order chi connectivity index (χ1) is 11.5. The summed E-state index contributed by atoms with van der Waals surface area (Å²) >= 11 is 0. The molecule has 150 valence electrons. The van der Waals surface area contributed by atoms with Crippen molar-refractivity contribution in [2.75, 3.05) is 59.3 Å². The SMILES string of the molecule is CCN(CCCNC(=NC)NCCCOC1CCOC1)S(C)(=O)=O.I. The molecule has 1 aliphatic rings. The monoisotopic (exact) mass is 492 g/mol. The normalized spacial score (nSPS) is 18.2. The van der Waals surface area contributed by atoms with Gasteiger partial charge in [0.05, 0.1) is 19.0 Å². The van der Waals surface area contributed by atoms with Crippen LogP contribution in [-0.4, -0.2) is 84.1 Å². The molecule has 8 nitrogen and oxygen atoms in total. The molecule has 0 aromatic rings. The van der Waals surface area contributed by atoms with Crippen LogP contribution >= 0.6 is 24.0 Å². The zero-order chi connectivity index (χ0) is 17.8. The molecule has 1 saturated heterocycles. The van der Waals surface area contributed by atoms with Crippen molar-refractivity contribution < 1.29 is 17.9 Å². The van der Waals surface area contributed by atoms with Crippen molar-refractivity contribution in [3.8, 4) is 0 Å². The van der Waals surface area contributed by atoms with Gasteiger partial charge in [0.25, 0.3) is 0 Å². The van der Waals surface area contributed by atoms with Crippen molar-refractivity contribution in [1.82, 2.24) is 14.9 Å². The van der Waals surface area contributed by atoms with Gasteiger partial charge in [0, 0.05) is 46.4 Å². The Morgan fingerprint density at radius 1 is 1.32 bits per heavy atom. The summed E-state index contributed by atoms with van der Waals surface area (Å²) in [5, 5.41) is 6.41. The maximum absolute atomic E-state index is 11.5. The lowest BCUT2D eigenvalue weighted by Crippen LogP contribution is -2.40. The summed E-state index contributed by atoms with van der Waals surface area (Å²) in [6.07, 6.45) is 4.10. The first-order valence-electron chi connectivity index (χ1n) is 8.56. The lowest BCUT2D eigenvalue weighted by Gasteiger charge is -2.18. The Balaban J connectivity index is 0.00000576. The van der Waals surface area contributed by atoms with Gasteiger partial charge in [-0.3, -0.25) is 4.99 Å². The van der Waals surface area contributed by atoms with Gasteiger partial charge < -0.3 is 20.1 Å². The minimum absolute atomic E-state index is 0. The Kier molecular flexibility index (Phi) is 13.9. The average molecular weight is 492 g/mol. The lowest BCUT2D eigenvalue weighted by molar-refractivity contribution is 0.0420. The van der Waals surface area contributed by atoms with Crippen molar-refractivity contribution in [1.29, 1.82) is 0 Å². The van der Waals surface area contributed by atoms with E-state index in [1.54, 1.807) is 7.05 Å². The number of ether oxygens (including phenoxy) is 2. The minimum Gasteiger partial charge on any atom is -0.379 e. The summed E-state index contributed by atoms with van der Waals surface area (Å²) in [6, 6.07) is 0. The third-order valence-corrected chi connectivity index (χ3v) is 5.16. The van der Waals surface area contributed by atoms with Crippen LogP contribution in [0.4, 0.5) is 0 Å². The molecule has 1 heterocycles. The van der Waals surface area contributed by atoms with Crippen LogP contribution in [0.25, 0.3) is 0 Å². The van der Waals surface area contributed by atoms with Gasteiger partial charge in [-0.2, -0.15) is 0 Å². The first kappa shape index (κ1) is 24.8. The summed E-state index contributed by atoms with van der Waals surface area (Å²) in [7, 11) is -1.39. The van der Waals surface area contributed by atoms with E-state index in [0.717, 1.165) is 38.4 Å². The molecule has 1 rings (SSSR count). The molecule has 1 atom stereocenters. The highest BCUT2D eigenvalue weighted by atomic mass is 127. The first-order valence-corrected chi connectivity index (χ1v) is 10.4. The summed E-state index contributed by atoms with van der Waals surface area (Å²) in [4.78, 5) is 4.15. The summed E-state index contributed by atoms with van der Waals surface area (Å²) < 4.78 is 35.4. The van der Waals surface area contributed by atoms with Crippen LogP contribution in [0.2, 0.25) is 0 Å². The molecular formula is C15H33IN4O4S. The van der Waals surface area contributed by atoms with Crippen LogP contribution < -0.4 is 10.6 Å². The van der Waals surface area contributed by atoms with Crippen molar-refractivity contribution in [2.45, 2.75) is 32.3 Å². The molecule has 0 aliphatic carbocycles. The Labute approximate surface area is 169 Å². The fourth-order valence-electron chi connectivity index (χ4n) is 2.41. The maximum atomic E-state index is 11.5. The lowest BCUT2D eigenvalue weighted by atomic mass is 10.3. The van der Waals surface area contributed by atoms with Crippen LogP contribution in [0.5, 0.6) is 0 Å². The number of halogens is 1. The van der Waals surface area contributed by atoms with Gasteiger partial charge in [-0.05, 0) is 19.3 Å². The van der Waals surface area contributed by atoms with E-state index in [0.29, 0.717) is 32.8 Å². The molecule has 25 heavy (non-hydrogen) atoms. The van der Waals surface area contributed by atoms with E-state index in [9.17, 15) is 8.42 Å². The van der Waals surface area contributed by atoms with Crippen LogP contribution in [-0.2, 0) is 19.5 Å². The predicted molar refractivity (Wildman–Crippen MR) is 111 cm³/mol. The van der Waals surface area contributed by atoms with E-state index in [-0.39, 0.29) is 30.1 Å². The van der Waals surface area contributed by atoms with Crippen LogP contribution in [0.1, 0.15) is 26.2 Å². The molecule has 0 spiro atoms. The van der Waals surface area contributed by atoms with Gasteiger partial charge in [-0.1, -0.05) is 6.92 Å². The molecule has 1 aliphatic heterocycles. The average Bonchev–Trinajstić information content (AvgIpc) is 3.04. The Morgan fingerprint density at radius 3 is 2.52 bits per heavy atom. The minimum atomic E-state index is -3.11. The predicted octanol–water partition coefficient (Wildman–Crippen LogP) is 0.637. The number of aliphatic imine (C=N–C) groups is 1. The molecule has 0 radical (unpaired) electrons. The molecule has 10 heteroatoms. The van der Waals surface area contributed by atoms with Gasteiger partial charge in [0.15, 0.2) is 5.96 Å². The fourth-order valence-corrected chi connectivity index (χ4v) is 3.34. The third-order valence-electron chi connectivity index (χ3n) is 3.78. The van der Waals surface area contributed by atoms with Gasteiger partial charge in [-0.15, -0.1) is 24.0 Å². The molecule has 0 aromatic heterocycles. The second-order valence-electron chi connectivity index (χ2n) is 5.74. The third kappa shape index (κ3) is 11.2. The number of hydrogen-bond acceptors (Lipinski definition) is 5. The zero-order valence-corrected chi connectivity index (χ0v) is 18.6. The second kappa shape index (κ2) is 14.0. The molecular weight excluding hydrogens is 459 g/mol. The topological polar surface area (TPSA) is 92.3 Å². The number of sulfonamides is 1. The van der Waals surface area contributed by atoms with E-state index < -0.39 is 10.0 Å². The van der Waals surface area contributed by atoms with Crippen molar-refractivity contribution in [3.63, 3.8) is 0 Å². The standard InChI is InChI=1S/C15H32N4O4S.HI/c1-4-19(24(3,20)21)10-5-8-17-15(16-2)18-9-6-11-23-14-7-12-22-13-14;/h14H,4-13H2,1-3H3,(H2,16,17,18);1H. The molecule has 1 fully saturated rings. The summed E-state index contributed by atoms with van der Waals surface area (Å²) in [5.41, 5.74) is 0. The van der Waals surface area contributed by atoms with E-state index >= 15 is 0 Å². The van der Waals surface area contributed by atoms with E-state index in [4.69, 9.17) is 9.47 Å². The highest BCUT2D eigenvalue weighted by molar-refractivity contribution is 14.0. The van der Waals surface area contributed by atoms with Crippen LogP contribution in [0, 0.1) is 0 Å². The molecule has 0 bridgehead atoms. The Bertz CT molecular complexity index is 470. The van der Waals surface area contributed by atoms with E-state index in [1.165, 1.54) is 10.6 Å². The smallest absolute Gasteiger partial charge is 0.211 e. The second-order valence-corrected chi connectivity index (χ2v) is 7.73. The molecule has 1 unspecified atom stereocenters. The highest BCUT2D eigenvalue weighted by Gasteiger charge is 2.15. The zero-order valence-electron chi connectivity index (χ0n) is 15.5. The maximum Gasteiger partial charge on any atom is 0.211 e. The highest BCUT2D eigenvalue weighted by Crippen LogP contribution is 2.07. The number of rotatable bonds is 11. The molecule has 0 saturated carbocycles. The van der Waals surface area contributed by atoms with Gasteiger partial charge in [0.2, 0.25) is 10.0 Å². The number of guanidine groups is 1. The Morgan fingerprint density at radius 2 is 2.00 bits per heavy atom. The number of hydrogen-bond donors (Lipinski definition) is 2. The Hall–Kier alpha value is -0.170. The summed E-state index contributed by atoms with van der Waals surface area (Å²) in [6.45, 7) is 6.51. The molecule has 0 aromatic carbocycles. The van der Waals surface area contributed by atoms with Crippen molar-refractivity contribution >= 4 is 40.0 Å². The van der Waals surface area contributed by atoms with Crippen LogP contribution in [0.15, 0.2) is 4.99 Å². The summed E-state index contributed by atoms with van der Waals surface area (Å²) in [5.74, 6) is 0.724. The molecule has 2 N–H and O–H groups in total. The number of nitrogens with one attached hydrogen (secondary N) is 2.